The second kappa shape index (κ2) is 6.06. The molecule has 1 aliphatic rings. The number of hydrogen-bond donors (Lipinski definition) is 1. The van der Waals surface area contributed by atoms with E-state index in [0.717, 1.165) is 0 Å². The maximum absolute atomic E-state index is 13.8. The van der Waals surface area contributed by atoms with Crippen LogP contribution < -0.4 is 5.73 Å². The smallest absolute Gasteiger partial charge is 0.240 e. The van der Waals surface area contributed by atoms with Gasteiger partial charge in [0, 0.05) is 17.5 Å². The molecule has 0 saturated carbocycles. The number of carbonyl (C=O) groups excluding carboxylic acids is 1. The van der Waals surface area contributed by atoms with Crippen molar-refractivity contribution in [3.63, 3.8) is 0 Å². The summed E-state index contributed by atoms with van der Waals surface area (Å²) >= 11 is 5.70. The third-order valence-electron chi connectivity index (χ3n) is 3.72. The van der Waals surface area contributed by atoms with Crippen molar-refractivity contribution in [1.29, 1.82) is 0 Å². The molecule has 2 N–H and O–H groups in total. The second-order valence-corrected chi connectivity index (χ2v) is 5.59. The van der Waals surface area contributed by atoms with E-state index >= 15 is 0 Å². The number of alkyl halides is 1. The maximum atomic E-state index is 13.8. The maximum Gasteiger partial charge on any atom is 0.240 e. The number of nitrogens with zero attached hydrogens (tertiary/aromatic N) is 1. The van der Waals surface area contributed by atoms with Crippen molar-refractivity contribution in [3.05, 3.63) is 34.6 Å². The van der Waals surface area contributed by atoms with Crippen molar-refractivity contribution < 1.29 is 13.6 Å². The normalized spacial score (nSPS) is 21.9. The van der Waals surface area contributed by atoms with Crippen LogP contribution in [0.1, 0.15) is 24.8 Å². The number of nitrogens with two attached hydrogens (primary N) is 1. The van der Waals surface area contributed by atoms with E-state index in [-0.39, 0.29) is 17.5 Å². The quantitative estimate of drug-likeness (QED) is 0.932. The molecule has 1 saturated heterocycles. The van der Waals surface area contributed by atoms with Crippen molar-refractivity contribution in [1.82, 2.24) is 4.90 Å². The van der Waals surface area contributed by atoms with E-state index in [9.17, 15) is 13.6 Å². The van der Waals surface area contributed by atoms with Gasteiger partial charge in [0.05, 0.1) is 12.6 Å². The minimum Gasteiger partial charge on any atom is -0.338 e. The highest BCUT2D eigenvalue weighted by atomic mass is 35.5. The van der Waals surface area contributed by atoms with Gasteiger partial charge in [-0.15, -0.1) is 0 Å². The molecule has 1 aromatic rings. The lowest BCUT2D eigenvalue weighted by atomic mass is 9.92. The van der Waals surface area contributed by atoms with E-state index in [1.807, 2.05) is 0 Å². The number of carbonyl (C=O) groups is 1. The number of rotatable bonds is 3. The van der Waals surface area contributed by atoms with E-state index in [2.05, 4.69) is 0 Å². The summed E-state index contributed by atoms with van der Waals surface area (Å²) in [6.45, 7) is 2.11. The Hall–Kier alpha value is -1.20. The van der Waals surface area contributed by atoms with Crippen LogP contribution in [-0.2, 0) is 4.79 Å². The van der Waals surface area contributed by atoms with E-state index < -0.39 is 23.9 Å². The first kappa shape index (κ1) is 15.2. The molecule has 3 atom stereocenters. The number of amides is 1. The molecule has 0 aromatic heterocycles. The third kappa shape index (κ3) is 3.10. The topological polar surface area (TPSA) is 46.3 Å². The van der Waals surface area contributed by atoms with Crippen molar-refractivity contribution >= 4 is 17.5 Å². The van der Waals surface area contributed by atoms with Crippen LogP contribution in [0.25, 0.3) is 0 Å². The highest BCUT2D eigenvalue weighted by Gasteiger charge is 2.32. The van der Waals surface area contributed by atoms with Gasteiger partial charge < -0.3 is 10.6 Å². The summed E-state index contributed by atoms with van der Waals surface area (Å²) < 4.78 is 27.0. The number of likely N-dealkylation sites (tertiary alicyclic amines) is 1. The molecule has 1 fully saturated rings. The SMILES string of the molecule is C[C@@H](c1ccc(Cl)cc1F)C(N)C(=O)N1CC[C@H](F)C1. The minimum atomic E-state index is -0.992. The molecule has 3 nitrogen and oxygen atoms in total. The zero-order valence-electron chi connectivity index (χ0n) is 11.2. The summed E-state index contributed by atoms with van der Waals surface area (Å²) in [5.74, 6) is -1.33. The predicted molar refractivity (Wildman–Crippen MR) is 73.9 cm³/mol. The first-order chi connectivity index (χ1) is 9.40. The minimum absolute atomic E-state index is 0.0718. The first-order valence-corrected chi connectivity index (χ1v) is 6.91. The summed E-state index contributed by atoms with van der Waals surface area (Å²) in [5, 5.41) is 0.290. The fraction of sp³-hybridized carbons (Fsp3) is 0.500. The van der Waals surface area contributed by atoms with Gasteiger partial charge in [-0.25, -0.2) is 8.78 Å². The van der Waals surface area contributed by atoms with E-state index in [1.54, 1.807) is 13.0 Å². The average molecular weight is 303 g/mol. The molecule has 1 heterocycles. The van der Waals surface area contributed by atoms with Crippen LogP contribution in [0, 0.1) is 5.82 Å². The molecule has 1 aromatic carbocycles. The molecule has 6 heteroatoms. The van der Waals surface area contributed by atoms with Crippen molar-refractivity contribution in [2.24, 2.45) is 5.73 Å². The van der Waals surface area contributed by atoms with Gasteiger partial charge in [-0.2, -0.15) is 0 Å². The van der Waals surface area contributed by atoms with Crippen LogP contribution in [0.4, 0.5) is 8.78 Å². The van der Waals surface area contributed by atoms with Crippen molar-refractivity contribution in [2.75, 3.05) is 13.1 Å². The lowest BCUT2D eigenvalue weighted by Gasteiger charge is -2.25. The lowest BCUT2D eigenvalue weighted by Crippen LogP contribution is -2.45. The van der Waals surface area contributed by atoms with Gasteiger partial charge in [0.25, 0.3) is 0 Å². The Morgan fingerprint density at radius 3 is 2.80 bits per heavy atom. The van der Waals surface area contributed by atoms with Gasteiger partial charge in [-0.1, -0.05) is 24.6 Å². The number of benzene rings is 1. The van der Waals surface area contributed by atoms with Crippen molar-refractivity contribution in [3.8, 4) is 0 Å². The molecule has 0 spiro atoms. The lowest BCUT2D eigenvalue weighted by molar-refractivity contribution is -0.132. The predicted octanol–water partition coefficient (Wildman–Crippen LogP) is 2.48. The molecule has 1 aliphatic heterocycles. The second-order valence-electron chi connectivity index (χ2n) is 5.15. The number of halogens is 3. The highest BCUT2D eigenvalue weighted by Crippen LogP contribution is 2.25. The molecule has 1 amide bonds. The van der Waals surface area contributed by atoms with E-state index in [0.29, 0.717) is 18.5 Å². The van der Waals surface area contributed by atoms with Crippen LogP contribution >= 0.6 is 11.6 Å². The first-order valence-electron chi connectivity index (χ1n) is 6.53. The van der Waals surface area contributed by atoms with Gasteiger partial charge in [0.2, 0.25) is 5.91 Å². The highest BCUT2D eigenvalue weighted by molar-refractivity contribution is 6.30. The Morgan fingerprint density at radius 1 is 1.55 bits per heavy atom. The summed E-state index contributed by atoms with van der Waals surface area (Å²) in [6.07, 6.45) is -0.656. The summed E-state index contributed by atoms with van der Waals surface area (Å²) in [6, 6.07) is 3.38. The summed E-state index contributed by atoms with van der Waals surface area (Å²) in [4.78, 5) is 13.6. The van der Waals surface area contributed by atoms with Gasteiger partial charge in [0.15, 0.2) is 0 Å². The molecule has 110 valence electrons. The molecule has 20 heavy (non-hydrogen) atoms. The molecule has 1 unspecified atom stereocenters. The molecule has 0 bridgehead atoms. The Kier molecular flexibility index (Phi) is 4.60. The Morgan fingerprint density at radius 2 is 2.25 bits per heavy atom. The van der Waals surface area contributed by atoms with E-state index in [1.165, 1.54) is 17.0 Å². The van der Waals surface area contributed by atoms with Gasteiger partial charge in [-0.05, 0) is 24.1 Å². The zero-order chi connectivity index (χ0) is 14.9. The molecule has 2 rings (SSSR count). The monoisotopic (exact) mass is 302 g/mol. The zero-order valence-corrected chi connectivity index (χ0v) is 11.9. The standard InChI is InChI=1S/C14H17ClF2N2O/c1-8(11-3-2-9(15)6-12(11)17)13(18)14(20)19-5-4-10(16)7-19/h2-3,6,8,10,13H,4-5,7,18H2,1H3/t8-,10-,13?/m0/s1. The summed E-state index contributed by atoms with van der Waals surface area (Å²) in [7, 11) is 0. The van der Waals surface area contributed by atoms with E-state index in [4.69, 9.17) is 17.3 Å². The van der Waals surface area contributed by atoms with Crippen LogP contribution in [0.15, 0.2) is 18.2 Å². The van der Waals surface area contributed by atoms with Crippen LogP contribution in [-0.4, -0.2) is 36.1 Å². The third-order valence-corrected chi connectivity index (χ3v) is 3.95. The molecular formula is C14H17ClF2N2O. The van der Waals surface area contributed by atoms with Gasteiger partial charge in [-0.3, -0.25) is 4.79 Å². The summed E-state index contributed by atoms with van der Waals surface area (Å²) in [5.41, 5.74) is 6.25. The van der Waals surface area contributed by atoms with Gasteiger partial charge in [0.1, 0.15) is 12.0 Å². The average Bonchev–Trinajstić information content (AvgIpc) is 2.83. The molecular weight excluding hydrogens is 286 g/mol. The number of hydrogen-bond acceptors (Lipinski definition) is 2. The largest absolute Gasteiger partial charge is 0.338 e. The Labute approximate surface area is 121 Å². The van der Waals surface area contributed by atoms with Crippen LogP contribution in [0.2, 0.25) is 5.02 Å². The fourth-order valence-corrected chi connectivity index (χ4v) is 2.57. The fourth-order valence-electron chi connectivity index (χ4n) is 2.41. The Balaban J connectivity index is 2.11. The van der Waals surface area contributed by atoms with Crippen LogP contribution in [0.3, 0.4) is 0 Å². The van der Waals surface area contributed by atoms with Crippen LogP contribution in [0.5, 0.6) is 0 Å². The molecule has 0 aliphatic carbocycles. The Bertz CT molecular complexity index is 512. The van der Waals surface area contributed by atoms with Gasteiger partial charge >= 0.3 is 0 Å². The molecule has 0 radical (unpaired) electrons. The van der Waals surface area contributed by atoms with Crippen molar-refractivity contribution in [2.45, 2.75) is 31.5 Å².